The normalized spacial score (nSPS) is 13.5. The molecule has 0 heterocycles. The molecule has 0 aliphatic heterocycles. The van der Waals surface area contributed by atoms with Crippen LogP contribution in [0.5, 0.6) is 0 Å². The molecular formula is C15H18N2O5S2. The van der Waals surface area contributed by atoms with Crippen LogP contribution in [0.4, 0.5) is 5.69 Å². The Hall–Kier alpha value is -1.94. The molecule has 9 heteroatoms. The molecule has 1 unspecified atom stereocenters. The number of anilines is 1. The molecule has 0 aliphatic rings. The Morgan fingerprint density at radius 2 is 1.46 bits per heavy atom. The minimum atomic E-state index is -3.97. The molecule has 0 radical (unpaired) electrons. The highest BCUT2D eigenvalue weighted by molar-refractivity contribution is 7.92. The first kappa shape index (κ1) is 18.4. The van der Waals surface area contributed by atoms with Crippen LogP contribution in [0.15, 0.2) is 64.4 Å². The van der Waals surface area contributed by atoms with E-state index in [4.69, 9.17) is 5.14 Å². The van der Waals surface area contributed by atoms with Gasteiger partial charge in [0.15, 0.2) is 0 Å². The van der Waals surface area contributed by atoms with Gasteiger partial charge in [0.2, 0.25) is 10.0 Å². The number of sulfonamides is 2. The second-order valence-corrected chi connectivity index (χ2v) is 8.66. The fourth-order valence-electron chi connectivity index (χ4n) is 2.11. The quantitative estimate of drug-likeness (QED) is 0.784. The first-order chi connectivity index (χ1) is 11.1. The minimum Gasteiger partial charge on any atom is -0.392 e. The highest BCUT2D eigenvalue weighted by Gasteiger charge is 2.26. The fraction of sp³-hybridized carbons (Fsp3) is 0.200. The Balaban J connectivity index is 2.48. The maximum Gasteiger partial charge on any atom is 0.264 e. The third-order valence-corrected chi connectivity index (χ3v) is 5.95. The fourth-order valence-corrected chi connectivity index (χ4v) is 4.17. The third kappa shape index (κ3) is 4.12. The van der Waals surface area contributed by atoms with Gasteiger partial charge < -0.3 is 5.11 Å². The zero-order chi connectivity index (χ0) is 18.0. The number of aliphatic hydroxyl groups is 1. The monoisotopic (exact) mass is 370 g/mol. The molecule has 0 bridgehead atoms. The van der Waals surface area contributed by atoms with Gasteiger partial charge in [-0.15, -0.1) is 0 Å². The van der Waals surface area contributed by atoms with Gasteiger partial charge in [0.1, 0.15) is 0 Å². The molecule has 2 aromatic rings. The van der Waals surface area contributed by atoms with Gasteiger partial charge in [-0.25, -0.2) is 22.0 Å². The number of nitrogens with zero attached hydrogens (tertiary/aromatic N) is 1. The van der Waals surface area contributed by atoms with Gasteiger partial charge >= 0.3 is 0 Å². The number of hydrogen-bond acceptors (Lipinski definition) is 5. The highest BCUT2D eigenvalue weighted by Crippen LogP contribution is 2.24. The van der Waals surface area contributed by atoms with Crippen LogP contribution in [0, 0.1) is 0 Å². The van der Waals surface area contributed by atoms with E-state index in [0.29, 0.717) is 5.69 Å². The van der Waals surface area contributed by atoms with Crippen molar-refractivity contribution in [2.75, 3.05) is 10.8 Å². The van der Waals surface area contributed by atoms with Crippen LogP contribution in [-0.4, -0.2) is 34.6 Å². The van der Waals surface area contributed by atoms with Crippen molar-refractivity contribution in [3.63, 3.8) is 0 Å². The number of para-hydroxylation sites is 1. The van der Waals surface area contributed by atoms with E-state index in [0.717, 1.165) is 16.4 Å². The Morgan fingerprint density at radius 3 is 1.92 bits per heavy atom. The van der Waals surface area contributed by atoms with Crippen molar-refractivity contribution in [2.24, 2.45) is 5.14 Å². The molecule has 24 heavy (non-hydrogen) atoms. The molecule has 0 spiro atoms. The molecule has 0 saturated heterocycles. The Labute approximate surface area is 141 Å². The summed E-state index contributed by atoms with van der Waals surface area (Å²) in [5, 5.41) is 14.7. The predicted octanol–water partition coefficient (Wildman–Crippen LogP) is 0.910. The first-order valence-corrected chi connectivity index (χ1v) is 10.00. The first-order valence-electron chi connectivity index (χ1n) is 7.01. The van der Waals surface area contributed by atoms with Gasteiger partial charge in [-0.1, -0.05) is 18.2 Å². The number of benzene rings is 2. The second-order valence-electron chi connectivity index (χ2n) is 5.24. The largest absolute Gasteiger partial charge is 0.392 e. The number of rotatable bonds is 6. The van der Waals surface area contributed by atoms with Crippen LogP contribution in [0.25, 0.3) is 0 Å². The second kappa shape index (κ2) is 6.89. The molecular weight excluding hydrogens is 352 g/mol. The van der Waals surface area contributed by atoms with Gasteiger partial charge in [-0.05, 0) is 43.3 Å². The molecule has 7 nitrogen and oxygen atoms in total. The zero-order valence-electron chi connectivity index (χ0n) is 12.9. The molecule has 0 aromatic heterocycles. The number of nitrogens with two attached hydrogens (primary N) is 1. The Bertz CT molecular complexity index is 893. The summed E-state index contributed by atoms with van der Waals surface area (Å²) in [6.07, 6.45) is -0.885. The molecule has 0 fully saturated rings. The Kier molecular flexibility index (Phi) is 5.29. The summed E-state index contributed by atoms with van der Waals surface area (Å²) in [5.74, 6) is 0. The van der Waals surface area contributed by atoms with Gasteiger partial charge in [0.25, 0.3) is 10.0 Å². The van der Waals surface area contributed by atoms with Crippen LogP contribution in [0.2, 0.25) is 0 Å². The average Bonchev–Trinajstić information content (AvgIpc) is 2.52. The average molecular weight is 370 g/mol. The summed E-state index contributed by atoms with van der Waals surface area (Å²) in [7, 11) is -7.88. The van der Waals surface area contributed by atoms with Crippen molar-refractivity contribution in [3.05, 3.63) is 54.6 Å². The van der Waals surface area contributed by atoms with E-state index >= 15 is 0 Å². The van der Waals surface area contributed by atoms with Gasteiger partial charge in [-0.2, -0.15) is 0 Å². The van der Waals surface area contributed by atoms with Crippen molar-refractivity contribution >= 4 is 25.7 Å². The van der Waals surface area contributed by atoms with Crippen molar-refractivity contribution in [3.8, 4) is 0 Å². The molecule has 0 saturated carbocycles. The summed E-state index contributed by atoms with van der Waals surface area (Å²) >= 11 is 0. The van der Waals surface area contributed by atoms with Crippen molar-refractivity contribution in [1.82, 2.24) is 0 Å². The Morgan fingerprint density at radius 1 is 0.958 bits per heavy atom. The van der Waals surface area contributed by atoms with Gasteiger partial charge in [0, 0.05) is 0 Å². The molecule has 130 valence electrons. The lowest BCUT2D eigenvalue weighted by atomic mass is 10.3. The van der Waals surface area contributed by atoms with E-state index in [1.807, 2.05) is 0 Å². The molecule has 2 aromatic carbocycles. The standard InChI is InChI=1S/C15H18N2O5S2/c1-12(18)11-17(13-5-3-2-4-6-13)24(21,22)15-9-7-14(8-10-15)23(16,19)20/h2-10,12,18H,11H2,1H3,(H2,16,19,20). The molecule has 2 rings (SSSR count). The smallest absolute Gasteiger partial charge is 0.264 e. The highest BCUT2D eigenvalue weighted by atomic mass is 32.2. The van der Waals surface area contributed by atoms with E-state index < -0.39 is 26.2 Å². The van der Waals surface area contributed by atoms with Crippen LogP contribution in [0.1, 0.15) is 6.92 Å². The van der Waals surface area contributed by atoms with E-state index in [1.165, 1.54) is 19.1 Å². The lowest BCUT2D eigenvalue weighted by molar-refractivity contribution is 0.204. The van der Waals surface area contributed by atoms with Crippen molar-refractivity contribution in [1.29, 1.82) is 0 Å². The molecule has 3 N–H and O–H groups in total. The van der Waals surface area contributed by atoms with Crippen molar-refractivity contribution in [2.45, 2.75) is 22.8 Å². The SMILES string of the molecule is CC(O)CN(c1ccccc1)S(=O)(=O)c1ccc(S(N)(=O)=O)cc1. The summed E-state index contributed by atoms with van der Waals surface area (Å²) in [6.45, 7) is 1.35. The van der Waals surface area contributed by atoms with E-state index in [2.05, 4.69) is 0 Å². The lowest BCUT2D eigenvalue weighted by Crippen LogP contribution is -2.36. The van der Waals surface area contributed by atoms with Crippen LogP contribution >= 0.6 is 0 Å². The summed E-state index contributed by atoms with van der Waals surface area (Å²) in [4.78, 5) is -0.275. The van der Waals surface area contributed by atoms with Crippen molar-refractivity contribution < 1.29 is 21.9 Å². The minimum absolute atomic E-state index is 0.0978. The van der Waals surface area contributed by atoms with Crippen LogP contribution in [0.3, 0.4) is 0 Å². The summed E-state index contributed by atoms with van der Waals surface area (Å²) < 4.78 is 49.4. The molecule has 0 aliphatic carbocycles. The van der Waals surface area contributed by atoms with Crippen LogP contribution in [-0.2, 0) is 20.0 Å². The summed E-state index contributed by atoms with van der Waals surface area (Å²) in [5.41, 5.74) is 0.397. The lowest BCUT2D eigenvalue weighted by Gasteiger charge is -2.25. The van der Waals surface area contributed by atoms with Gasteiger partial charge in [-0.3, -0.25) is 4.31 Å². The number of hydrogen-bond donors (Lipinski definition) is 2. The van der Waals surface area contributed by atoms with E-state index in [-0.39, 0.29) is 16.3 Å². The van der Waals surface area contributed by atoms with E-state index in [1.54, 1.807) is 30.3 Å². The summed E-state index contributed by atoms with van der Waals surface area (Å²) in [6, 6.07) is 12.9. The topological polar surface area (TPSA) is 118 Å². The third-order valence-electron chi connectivity index (χ3n) is 3.21. The number of aliphatic hydroxyl groups excluding tert-OH is 1. The van der Waals surface area contributed by atoms with Crippen LogP contribution < -0.4 is 9.44 Å². The maximum atomic E-state index is 12.9. The molecule has 0 amide bonds. The predicted molar refractivity (Wildman–Crippen MR) is 90.5 cm³/mol. The molecule has 1 atom stereocenters. The number of primary sulfonamides is 1. The maximum absolute atomic E-state index is 12.9. The zero-order valence-corrected chi connectivity index (χ0v) is 14.5. The van der Waals surface area contributed by atoms with E-state index in [9.17, 15) is 21.9 Å². The van der Waals surface area contributed by atoms with Gasteiger partial charge in [0.05, 0.1) is 28.1 Å².